The van der Waals surface area contributed by atoms with Gasteiger partial charge in [0.1, 0.15) is 0 Å². The third-order valence-corrected chi connectivity index (χ3v) is 7.68. The molecule has 0 aliphatic heterocycles. The summed E-state index contributed by atoms with van der Waals surface area (Å²) in [5.41, 5.74) is 5.05. The number of rotatable bonds is 6. The Morgan fingerprint density at radius 3 is 1.53 bits per heavy atom. The van der Waals surface area contributed by atoms with Gasteiger partial charge in [-0.3, -0.25) is 0 Å². The van der Waals surface area contributed by atoms with Gasteiger partial charge in [-0.1, -0.05) is 75.9 Å². The Balaban J connectivity index is 4.26. The van der Waals surface area contributed by atoms with E-state index in [-0.39, 0.29) is 0 Å². The third kappa shape index (κ3) is 12.4. The van der Waals surface area contributed by atoms with E-state index >= 15 is 0 Å². The average Bonchev–Trinajstić information content (AvgIpc) is 1.96. The van der Waals surface area contributed by atoms with Crippen LogP contribution in [0.3, 0.4) is 0 Å². The van der Waals surface area contributed by atoms with Crippen LogP contribution in [-0.2, 0) is 0 Å². The molecule has 3 heteroatoms. The maximum absolute atomic E-state index is 2.56. The molecule has 0 spiro atoms. The molecule has 0 rings (SSSR count). The molecule has 0 aromatic heterocycles. The van der Waals surface area contributed by atoms with Crippen molar-refractivity contribution < 1.29 is 0 Å². The summed E-state index contributed by atoms with van der Waals surface area (Å²) >= 11 is 0. The second-order valence-corrected chi connectivity index (χ2v) is 23.4. The topological polar surface area (TPSA) is 0 Å². The van der Waals surface area contributed by atoms with Gasteiger partial charge in [-0.2, -0.15) is 0 Å². The highest BCUT2D eigenvalue weighted by Crippen LogP contribution is 2.16. The van der Waals surface area contributed by atoms with E-state index in [2.05, 4.69) is 75.9 Å². The summed E-state index contributed by atoms with van der Waals surface area (Å²) in [5.74, 6) is 0. The zero-order chi connectivity index (χ0) is 13.7. The smallest absolute Gasteiger partial charge is 0.0749 e. The molecule has 0 bridgehead atoms. The first-order valence-corrected chi connectivity index (χ1v) is 17.3. The summed E-state index contributed by atoms with van der Waals surface area (Å²) < 4.78 is 0. The van der Waals surface area contributed by atoms with E-state index < -0.39 is 24.2 Å². The molecule has 0 saturated heterocycles. The lowest BCUT2D eigenvalue weighted by atomic mass is 10.7. The fourth-order valence-electron chi connectivity index (χ4n) is 1.52. The van der Waals surface area contributed by atoms with Gasteiger partial charge < -0.3 is 0 Å². The Morgan fingerprint density at radius 2 is 1.12 bits per heavy atom. The summed E-state index contributed by atoms with van der Waals surface area (Å²) in [6.45, 7) is 19.5. The van der Waals surface area contributed by atoms with Gasteiger partial charge in [-0.05, 0) is 12.1 Å². The second kappa shape index (κ2) is 6.34. The minimum absolute atomic E-state index is 0.894. The van der Waals surface area contributed by atoms with Crippen LogP contribution >= 0.6 is 0 Å². The van der Waals surface area contributed by atoms with Gasteiger partial charge in [-0.15, -0.1) is 0 Å². The van der Waals surface area contributed by atoms with Crippen LogP contribution in [0.1, 0.15) is 0 Å². The predicted molar refractivity (Wildman–Crippen MR) is 92.1 cm³/mol. The molecule has 0 aliphatic carbocycles. The van der Waals surface area contributed by atoms with Crippen LogP contribution in [0, 0.1) is 0 Å². The molecule has 17 heavy (non-hydrogen) atoms. The monoisotopic (exact) mass is 284 g/mol. The van der Waals surface area contributed by atoms with Crippen LogP contribution in [0.2, 0.25) is 64.5 Å². The lowest BCUT2D eigenvalue weighted by Gasteiger charge is -2.18. The molecule has 0 N–H and O–H groups in total. The van der Waals surface area contributed by atoms with Crippen molar-refractivity contribution in [1.29, 1.82) is 0 Å². The summed E-state index contributed by atoms with van der Waals surface area (Å²) in [6.07, 6.45) is 4.93. The van der Waals surface area contributed by atoms with Crippen molar-refractivity contribution in [2.45, 2.75) is 64.5 Å². The Labute approximate surface area is 112 Å². The lowest BCUT2D eigenvalue weighted by molar-refractivity contribution is 1.49. The Bertz CT molecular complexity index is 275. The zero-order valence-corrected chi connectivity index (χ0v) is 16.2. The summed E-state index contributed by atoms with van der Waals surface area (Å²) in [7, 11) is -3.01. The minimum atomic E-state index is -1.13. The van der Waals surface area contributed by atoms with Crippen LogP contribution < -0.4 is 0 Å². The Hall–Kier alpha value is 0.131. The van der Waals surface area contributed by atoms with Crippen molar-refractivity contribution in [3.63, 3.8) is 0 Å². The Morgan fingerprint density at radius 1 is 0.647 bits per heavy atom. The van der Waals surface area contributed by atoms with E-state index in [4.69, 9.17) is 0 Å². The molecule has 0 saturated carbocycles. The molecular weight excluding hydrogens is 252 g/mol. The van der Waals surface area contributed by atoms with Crippen LogP contribution in [0.4, 0.5) is 0 Å². The summed E-state index contributed by atoms with van der Waals surface area (Å²) in [4.78, 5) is 0. The lowest BCUT2D eigenvalue weighted by Crippen LogP contribution is -2.23. The van der Waals surface area contributed by atoms with Gasteiger partial charge in [0.2, 0.25) is 0 Å². The van der Waals surface area contributed by atoms with Crippen LogP contribution in [0.25, 0.3) is 0 Å². The first-order valence-electron chi connectivity index (χ1n) is 6.77. The third-order valence-electron chi connectivity index (χ3n) is 2.56. The number of hydrogen-bond donors (Lipinski definition) is 0. The van der Waals surface area contributed by atoms with E-state index in [1.165, 1.54) is 12.1 Å². The van der Waals surface area contributed by atoms with Gasteiger partial charge in [0, 0.05) is 8.07 Å². The van der Waals surface area contributed by atoms with Crippen molar-refractivity contribution in [2.24, 2.45) is 0 Å². The molecule has 0 nitrogen and oxygen atoms in total. The largest absolute Gasteiger partial charge is 0.0992 e. The predicted octanol–water partition coefficient (Wildman–Crippen LogP) is 5.56. The molecule has 0 aromatic carbocycles. The fourth-order valence-corrected chi connectivity index (χ4v) is 5.25. The van der Waals surface area contributed by atoms with E-state index in [0.717, 1.165) is 0 Å². The first kappa shape index (κ1) is 17.1. The molecule has 0 fully saturated rings. The second-order valence-electron chi connectivity index (χ2n) is 8.13. The standard InChI is InChI=1S/C14H32Si3/c1-15(2,3)11-9-13-17(7,8)14-10-12-16(4,5)6/h9-11,14H,12-13H2,1-8H3/b11-9+,14-10+. The highest BCUT2D eigenvalue weighted by molar-refractivity contribution is 6.84. The quantitative estimate of drug-likeness (QED) is 0.560. The number of hydrogen-bond acceptors (Lipinski definition) is 0. The average molecular weight is 285 g/mol. The molecule has 0 aromatic rings. The Kier molecular flexibility index (Phi) is 6.39. The fraction of sp³-hybridized carbons (Fsp3) is 0.714. The number of allylic oxidation sites excluding steroid dienone is 2. The maximum Gasteiger partial charge on any atom is 0.0749 e. The summed E-state index contributed by atoms with van der Waals surface area (Å²) in [6, 6.07) is 2.64. The van der Waals surface area contributed by atoms with Gasteiger partial charge in [0.15, 0.2) is 0 Å². The highest BCUT2D eigenvalue weighted by atomic mass is 28.3. The van der Waals surface area contributed by atoms with Gasteiger partial charge in [0.25, 0.3) is 0 Å². The van der Waals surface area contributed by atoms with Crippen molar-refractivity contribution in [3.8, 4) is 0 Å². The van der Waals surface area contributed by atoms with E-state index in [1.54, 1.807) is 0 Å². The van der Waals surface area contributed by atoms with E-state index in [0.29, 0.717) is 0 Å². The molecule has 0 radical (unpaired) electrons. The molecular formula is C14H32Si3. The van der Waals surface area contributed by atoms with Gasteiger partial charge >= 0.3 is 0 Å². The molecule has 0 atom stereocenters. The SMILES string of the molecule is C[Si](C)(C)/C=C/C[Si](C)(C)/C=C/C[Si](C)(C)C. The summed E-state index contributed by atoms with van der Waals surface area (Å²) in [5, 5.41) is 0. The molecule has 0 heterocycles. The van der Waals surface area contributed by atoms with E-state index in [9.17, 15) is 0 Å². The van der Waals surface area contributed by atoms with Crippen LogP contribution in [-0.4, -0.2) is 24.2 Å². The van der Waals surface area contributed by atoms with Crippen LogP contribution in [0.5, 0.6) is 0 Å². The highest BCUT2D eigenvalue weighted by Gasteiger charge is 2.17. The zero-order valence-electron chi connectivity index (χ0n) is 13.2. The van der Waals surface area contributed by atoms with Crippen molar-refractivity contribution in [1.82, 2.24) is 0 Å². The van der Waals surface area contributed by atoms with Crippen molar-refractivity contribution in [2.75, 3.05) is 0 Å². The van der Waals surface area contributed by atoms with Gasteiger partial charge in [-0.25, -0.2) is 0 Å². The first-order chi connectivity index (χ1) is 7.41. The normalized spacial score (nSPS) is 15.1. The molecule has 100 valence electrons. The minimum Gasteiger partial charge on any atom is -0.0992 e. The molecule has 0 unspecified atom stereocenters. The molecule has 0 aliphatic rings. The maximum atomic E-state index is 2.56. The van der Waals surface area contributed by atoms with Gasteiger partial charge in [0.05, 0.1) is 16.1 Å². The van der Waals surface area contributed by atoms with Crippen molar-refractivity contribution >= 4 is 24.2 Å². The van der Waals surface area contributed by atoms with Crippen LogP contribution in [0.15, 0.2) is 23.6 Å². The van der Waals surface area contributed by atoms with Crippen molar-refractivity contribution in [3.05, 3.63) is 23.6 Å². The van der Waals surface area contributed by atoms with E-state index in [1.807, 2.05) is 0 Å². The molecule has 0 amide bonds.